The van der Waals surface area contributed by atoms with Crippen LogP contribution in [0.4, 0.5) is 15.9 Å². The average molecular weight is 598 g/mol. The summed E-state index contributed by atoms with van der Waals surface area (Å²) in [6.07, 6.45) is 6.42. The number of methoxy groups -OCH3 is 1. The smallest absolute Gasteiger partial charge is 0.356 e. The molecule has 0 spiro atoms. The van der Waals surface area contributed by atoms with Crippen LogP contribution in [0.15, 0.2) is 42.6 Å². The van der Waals surface area contributed by atoms with Crippen molar-refractivity contribution in [2.24, 2.45) is 5.92 Å². The Kier molecular flexibility index (Phi) is 9.81. The Morgan fingerprint density at radius 3 is 2.62 bits per heavy atom. The van der Waals surface area contributed by atoms with Crippen molar-refractivity contribution >= 4 is 35.0 Å². The summed E-state index contributed by atoms with van der Waals surface area (Å²) in [7, 11) is 1.30. The van der Waals surface area contributed by atoms with E-state index in [9.17, 15) is 14.0 Å². The molecule has 42 heavy (non-hydrogen) atoms. The molecule has 1 aromatic carbocycles. The summed E-state index contributed by atoms with van der Waals surface area (Å²) in [5.41, 5.74) is 1.11. The molecule has 3 aromatic rings. The van der Waals surface area contributed by atoms with Gasteiger partial charge < -0.3 is 24.8 Å². The second-order valence-corrected chi connectivity index (χ2v) is 10.9. The standard InChI is InChI=1S/C30H33ClFN5O5/c1-40-30(39)25-9-8-24(29(36-25)34-17-22-11-13-41-22)35-27(38)14-18-2-6-21(7-3-18)42-28-10-12-33-26(37-28)15-19-4-5-20(31)16-23(19)32/h4-5,8-10,12,16,18,21-22H,2-3,6-7,11,13-15,17H2,1H3,(H,34,36)(H,35,38). The molecule has 5 rings (SSSR count). The van der Waals surface area contributed by atoms with Crippen LogP contribution in [0.2, 0.25) is 5.02 Å². The molecule has 1 atom stereocenters. The van der Waals surface area contributed by atoms with E-state index < -0.39 is 11.8 Å². The zero-order valence-corrected chi connectivity index (χ0v) is 24.0. The Morgan fingerprint density at radius 1 is 1.10 bits per heavy atom. The van der Waals surface area contributed by atoms with E-state index in [1.807, 2.05) is 0 Å². The first kappa shape index (κ1) is 29.7. The maximum Gasteiger partial charge on any atom is 0.356 e. The molecule has 1 aliphatic carbocycles. The topological polar surface area (TPSA) is 125 Å². The van der Waals surface area contributed by atoms with Crippen LogP contribution >= 0.6 is 11.6 Å². The molecule has 222 valence electrons. The third kappa shape index (κ3) is 7.92. The molecule has 12 heteroatoms. The van der Waals surface area contributed by atoms with E-state index in [1.165, 1.54) is 19.2 Å². The summed E-state index contributed by atoms with van der Waals surface area (Å²) in [6.45, 7) is 1.25. The van der Waals surface area contributed by atoms with Gasteiger partial charge in [-0.05, 0) is 67.9 Å². The number of anilines is 2. The number of amides is 1. The number of hydrogen-bond donors (Lipinski definition) is 2. The minimum atomic E-state index is -0.552. The SMILES string of the molecule is COC(=O)c1ccc(NC(=O)CC2CCC(Oc3ccnc(Cc4ccc(Cl)cc4F)n3)CC2)c(NCC2CCO2)n1. The van der Waals surface area contributed by atoms with Gasteiger partial charge in [0.1, 0.15) is 17.7 Å². The van der Waals surface area contributed by atoms with Crippen molar-refractivity contribution in [3.05, 3.63) is 70.5 Å². The summed E-state index contributed by atoms with van der Waals surface area (Å²) in [6, 6.07) is 9.42. The Balaban J connectivity index is 1.11. The van der Waals surface area contributed by atoms with Crippen molar-refractivity contribution in [1.29, 1.82) is 0 Å². The van der Waals surface area contributed by atoms with Crippen molar-refractivity contribution in [1.82, 2.24) is 15.0 Å². The number of pyridine rings is 1. The molecular formula is C30H33ClFN5O5. The maximum atomic E-state index is 14.2. The first-order valence-electron chi connectivity index (χ1n) is 14.0. The highest BCUT2D eigenvalue weighted by Gasteiger charge is 2.26. The van der Waals surface area contributed by atoms with Crippen LogP contribution in [0.1, 0.15) is 60.4 Å². The van der Waals surface area contributed by atoms with Crippen LogP contribution in [0.3, 0.4) is 0 Å². The van der Waals surface area contributed by atoms with Crippen LogP contribution in [0.5, 0.6) is 5.88 Å². The van der Waals surface area contributed by atoms with Gasteiger partial charge in [-0.2, -0.15) is 4.98 Å². The van der Waals surface area contributed by atoms with Crippen molar-refractivity contribution < 1.29 is 28.2 Å². The third-order valence-electron chi connectivity index (χ3n) is 7.45. The lowest BCUT2D eigenvalue weighted by atomic mass is 9.85. The number of hydrogen-bond acceptors (Lipinski definition) is 9. The molecule has 3 heterocycles. The fourth-order valence-electron chi connectivity index (χ4n) is 5.02. The van der Waals surface area contributed by atoms with Crippen molar-refractivity contribution in [3.8, 4) is 5.88 Å². The van der Waals surface area contributed by atoms with E-state index in [-0.39, 0.29) is 36.1 Å². The van der Waals surface area contributed by atoms with Gasteiger partial charge >= 0.3 is 5.97 Å². The molecule has 0 radical (unpaired) electrons. The molecule has 2 fully saturated rings. The number of carbonyl (C=O) groups excluding carboxylic acids is 2. The van der Waals surface area contributed by atoms with E-state index in [0.29, 0.717) is 46.8 Å². The molecule has 2 aromatic heterocycles. The van der Waals surface area contributed by atoms with Crippen LogP contribution in [0.25, 0.3) is 0 Å². The molecule has 2 aliphatic rings. The lowest BCUT2D eigenvalue weighted by Crippen LogP contribution is -2.34. The van der Waals surface area contributed by atoms with Gasteiger partial charge in [0.05, 0.1) is 18.9 Å². The van der Waals surface area contributed by atoms with Crippen LogP contribution in [-0.2, 0) is 20.7 Å². The van der Waals surface area contributed by atoms with Gasteiger partial charge in [-0.15, -0.1) is 0 Å². The summed E-state index contributed by atoms with van der Waals surface area (Å²) >= 11 is 5.84. The molecular weight excluding hydrogens is 565 g/mol. The van der Waals surface area contributed by atoms with Gasteiger partial charge in [0.15, 0.2) is 11.5 Å². The molecule has 1 amide bonds. The zero-order chi connectivity index (χ0) is 29.5. The second-order valence-electron chi connectivity index (χ2n) is 10.5. The number of esters is 1. The van der Waals surface area contributed by atoms with Crippen LogP contribution < -0.4 is 15.4 Å². The highest BCUT2D eigenvalue weighted by molar-refractivity contribution is 6.30. The van der Waals surface area contributed by atoms with Crippen molar-refractivity contribution in [3.63, 3.8) is 0 Å². The summed E-state index contributed by atoms with van der Waals surface area (Å²) in [4.78, 5) is 38.0. The summed E-state index contributed by atoms with van der Waals surface area (Å²) in [5.74, 6) is 0.453. The molecule has 1 saturated heterocycles. The minimum Gasteiger partial charge on any atom is -0.474 e. The Labute approximate surface area is 248 Å². The number of carbonyl (C=O) groups is 2. The fraction of sp³-hybridized carbons (Fsp3) is 0.433. The number of nitrogens with one attached hydrogen (secondary N) is 2. The predicted octanol–water partition coefficient (Wildman–Crippen LogP) is 5.21. The van der Waals surface area contributed by atoms with Gasteiger partial charge in [-0.25, -0.2) is 19.2 Å². The third-order valence-corrected chi connectivity index (χ3v) is 7.69. The number of rotatable bonds is 11. The normalized spacial score (nSPS) is 19.8. The van der Waals surface area contributed by atoms with Gasteiger partial charge in [0.25, 0.3) is 0 Å². The molecule has 1 saturated carbocycles. The Hall–Kier alpha value is -3.83. The average Bonchev–Trinajstić information content (AvgIpc) is 2.95. The van der Waals surface area contributed by atoms with E-state index >= 15 is 0 Å². The number of nitrogens with zero attached hydrogens (tertiary/aromatic N) is 3. The summed E-state index contributed by atoms with van der Waals surface area (Å²) in [5, 5.41) is 6.47. The molecule has 0 bridgehead atoms. The first-order chi connectivity index (χ1) is 20.4. The van der Waals surface area contributed by atoms with E-state index in [1.54, 1.807) is 30.5 Å². The maximum absolute atomic E-state index is 14.2. The number of halogens is 2. The lowest BCUT2D eigenvalue weighted by Gasteiger charge is -2.28. The van der Waals surface area contributed by atoms with Gasteiger partial charge in [-0.3, -0.25) is 4.79 Å². The van der Waals surface area contributed by atoms with E-state index in [0.717, 1.165) is 38.7 Å². The van der Waals surface area contributed by atoms with E-state index in [4.69, 9.17) is 25.8 Å². The fourth-order valence-corrected chi connectivity index (χ4v) is 5.18. The number of ether oxygens (including phenoxy) is 3. The second kappa shape index (κ2) is 13.9. The van der Waals surface area contributed by atoms with Gasteiger partial charge in [-0.1, -0.05) is 17.7 Å². The van der Waals surface area contributed by atoms with Gasteiger partial charge in [0, 0.05) is 43.3 Å². The molecule has 1 aliphatic heterocycles. The number of aromatic nitrogens is 3. The first-order valence-corrected chi connectivity index (χ1v) is 14.4. The minimum absolute atomic E-state index is 0.0288. The predicted molar refractivity (Wildman–Crippen MR) is 154 cm³/mol. The van der Waals surface area contributed by atoms with E-state index in [2.05, 4.69) is 25.6 Å². The Bertz CT molecular complexity index is 1410. The monoisotopic (exact) mass is 597 g/mol. The van der Waals surface area contributed by atoms with Crippen LogP contribution in [-0.4, -0.2) is 59.3 Å². The Morgan fingerprint density at radius 2 is 1.90 bits per heavy atom. The zero-order valence-electron chi connectivity index (χ0n) is 23.3. The van der Waals surface area contributed by atoms with Crippen molar-refractivity contribution in [2.45, 2.75) is 57.2 Å². The quantitative estimate of drug-likeness (QED) is 0.287. The lowest BCUT2D eigenvalue weighted by molar-refractivity contribution is -0.117. The van der Waals surface area contributed by atoms with Crippen LogP contribution in [0, 0.1) is 11.7 Å². The van der Waals surface area contributed by atoms with Crippen molar-refractivity contribution in [2.75, 3.05) is 30.9 Å². The highest BCUT2D eigenvalue weighted by Crippen LogP contribution is 2.30. The summed E-state index contributed by atoms with van der Waals surface area (Å²) < 4.78 is 30.5. The van der Waals surface area contributed by atoms with Gasteiger partial charge in [0.2, 0.25) is 11.8 Å². The number of benzene rings is 1. The molecule has 1 unspecified atom stereocenters. The largest absolute Gasteiger partial charge is 0.474 e. The highest BCUT2D eigenvalue weighted by atomic mass is 35.5. The molecule has 10 nitrogen and oxygen atoms in total. The molecule has 2 N–H and O–H groups in total.